The predicted molar refractivity (Wildman–Crippen MR) is 49.1 cm³/mol. The number of rotatable bonds is 2. The Morgan fingerprint density at radius 1 is 1.57 bits per heavy atom. The summed E-state index contributed by atoms with van der Waals surface area (Å²) in [4.78, 5) is 14.4. The van der Waals surface area contributed by atoms with E-state index in [4.69, 9.17) is 23.2 Å². The van der Waals surface area contributed by atoms with E-state index in [1.807, 2.05) is 0 Å². The van der Waals surface area contributed by atoms with Gasteiger partial charge in [0.1, 0.15) is 5.69 Å². The number of pyridine rings is 1. The molecule has 1 heterocycles. The molecule has 0 bridgehead atoms. The van der Waals surface area contributed by atoms with Gasteiger partial charge < -0.3 is 0 Å². The normalized spacial score (nSPS) is 10.7. The van der Waals surface area contributed by atoms with Gasteiger partial charge in [-0.3, -0.25) is 4.79 Å². The molecule has 0 spiro atoms. The Kier molecular flexibility index (Phi) is 3.39. The van der Waals surface area contributed by atoms with Crippen LogP contribution >= 0.6 is 23.2 Å². The van der Waals surface area contributed by atoms with Gasteiger partial charge in [-0.05, 0) is 24.6 Å². The van der Waals surface area contributed by atoms with Crippen molar-refractivity contribution in [1.82, 2.24) is 4.98 Å². The molecule has 0 aromatic carbocycles. The van der Waals surface area contributed by atoms with Gasteiger partial charge in [0.2, 0.25) is 0 Å². The number of carbonyl (C=O) groups excluding carboxylic acids is 1. The second-order valence-corrected chi connectivity index (χ2v) is 3.31. The molecule has 1 aromatic heterocycles. The van der Waals surface area contributed by atoms with E-state index in [-0.39, 0.29) is 16.4 Å². The topological polar surface area (TPSA) is 30.0 Å². The standard InChI is InChI=1S/C8H5Cl2F2NO/c1-3-2-4(8(11)12)5(9)6(13-3)7(10)14/h2,8H,1H3. The molecule has 0 N–H and O–H groups in total. The SMILES string of the molecule is Cc1cc(C(F)F)c(Cl)c(C(=O)Cl)n1. The molecule has 0 fully saturated rings. The maximum Gasteiger partial charge on any atom is 0.272 e. The molecule has 0 aliphatic rings. The van der Waals surface area contributed by atoms with Crippen molar-refractivity contribution in [2.75, 3.05) is 0 Å². The van der Waals surface area contributed by atoms with Crippen molar-refractivity contribution in [3.63, 3.8) is 0 Å². The number of nitrogens with zero attached hydrogens (tertiary/aromatic N) is 1. The summed E-state index contributed by atoms with van der Waals surface area (Å²) in [7, 11) is 0. The van der Waals surface area contributed by atoms with Crippen LogP contribution in [0.25, 0.3) is 0 Å². The van der Waals surface area contributed by atoms with Gasteiger partial charge in [0, 0.05) is 11.3 Å². The van der Waals surface area contributed by atoms with E-state index in [1.54, 1.807) is 0 Å². The highest BCUT2D eigenvalue weighted by atomic mass is 35.5. The van der Waals surface area contributed by atoms with E-state index in [9.17, 15) is 13.6 Å². The molecule has 6 heteroatoms. The van der Waals surface area contributed by atoms with E-state index < -0.39 is 17.2 Å². The molecule has 0 saturated heterocycles. The fraction of sp³-hybridized carbons (Fsp3) is 0.250. The number of hydrogen-bond donors (Lipinski definition) is 0. The van der Waals surface area contributed by atoms with Crippen molar-refractivity contribution in [3.05, 3.63) is 28.0 Å². The first kappa shape index (κ1) is 11.3. The van der Waals surface area contributed by atoms with Gasteiger partial charge >= 0.3 is 0 Å². The quantitative estimate of drug-likeness (QED) is 0.742. The van der Waals surface area contributed by atoms with E-state index in [0.29, 0.717) is 0 Å². The summed E-state index contributed by atoms with van der Waals surface area (Å²) in [6, 6.07) is 1.12. The van der Waals surface area contributed by atoms with Crippen molar-refractivity contribution in [1.29, 1.82) is 0 Å². The number of aryl methyl sites for hydroxylation is 1. The van der Waals surface area contributed by atoms with Crippen LogP contribution in [0.4, 0.5) is 8.78 Å². The van der Waals surface area contributed by atoms with Gasteiger partial charge in [-0.25, -0.2) is 13.8 Å². The Balaban J connectivity index is 3.40. The zero-order chi connectivity index (χ0) is 10.9. The smallest absolute Gasteiger partial charge is 0.272 e. The first-order chi connectivity index (χ1) is 6.43. The lowest BCUT2D eigenvalue weighted by molar-refractivity contribution is 0.107. The highest BCUT2D eigenvalue weighted by Crippen LogP contribution is 2.30. The Labute approximate surface area is 88.8 Å². The van der Waals surface area contributed by atoms with Crippen molar-refractivity contribution in [3.8, 4) is 0 Å². The van der Waals surface area contributed by atoms with E-state index in [2.05, 4.69) is 4.98 Å². The lowest BCUT2D eigenvalue weighted by Crippen LogP contribution is -2.01. The number of halogens is 4. The van der Waals surface area contributed by atoms with Crippen molar-refractivity contribution < 1.29 is 13.6 Å². The number of hydrogen-bond acceptors (Lipinski definition) is 2. The molecular weight excluding hydrogens is 235 g/mol. The summed E-state index contributed by atoms with van der Waals surface area (Å²) in [6.45, 7) is 1.48. The zero-order valence-corrected chi connectivity index (χ0v) is 8.53. The highest BCUT2D eigenvalue weighted by Gasteiger charge is 2.19. The van der Waals surface area contributed by atoms with Crippen molar-refractivity contribution in [2.24, 2.45) is 0 Å². The highest BCUT2D eigenvalue weighted by molar-refractivity contribution is 6.68. The molecule has 2 nitrogen and oxygen atoms in total. The molecular formula is C8H5Cl2F2NO. The zero-order valence-electron chi connectivity index (χ0n) is 7.02. The maximum absolute atomic E-state index is 12.4. The summed E-state index contributed by atoms with van der Waals surface area (Å²) in [5.74, 6) is 0. The largest absolute Gasteiger partial charge is 0.274 e. The summed E-state index contributed by atoms with van der Waals surface area (Å²) in [6.07, 6.45) is -2.75. The predicted octanol–water partition coefficient (Wildman–Crippen LogP) is 3.36. The minimum Gasteiger partial charge on any atom is -0.274 e. The molecule has 0 radical (unpaired) electrons. The number of alkyl halides is 2. The molecule has 76 valence electrons. The second-order valence-electron chi connectivity index (χ2n) is 2.59. The fourth-order valence-corrected chi connectivity index (χ4v) is 1.42. The van der Waals surface area contributed by atoms with Crippen LogP contribution in [0.1, 0.15) is 28.2 Å². The molecule has 14 heavy (non-hydrogen) atoms. The maximum atomic E-state index is 12.4. The lowest BCUT2D eigenvalue weighted by atomic mass is 10.2. The number of aromatic nitrogens is 1. The molecule has 0 unspecified atom stereocenters. The first-order valence-corrected chi connectivity index (χ1v) is 4.34. The van der Waals surface area contributed by atoms with Crippen LogP contribution < -0.4 is 0 Å². The van der Waals surface area contributed by atoms with Gasteiger partial charge in [0.05, 0.1) is 5.02 Å². The summed E-state index contributed by atoms with van der Waals surface area (Å²) < 4.78 is 24.8. The van der Waals surface area contributed by atoms with Crippen LogP contribution in [0.15, 0.2) is 6.07 Å². The van der Waals surface area contributed by atoms with Crippen LogP contribution in [0, 0.1) is 6.92 Å². The third kappa shape index (κ3) is 2.19. The van der Waals surface area contributed by atoms with Crippen molar-refractivity contribution in [2.45, 2.75) is 13.3 Å². The summed E-state index contributed by atoms with van der Waals surface area (Å²) in [5, 5.41) is -1.33. The molecule has 0 saturated carbocycles. The fourth-order valence-electron chi connectivity index (χ4n) is 0.972. The molecule has 0 atom stereocenters. The Morgan fingerprint density at radius 3 is 2.57 bits per heavy atom. The number of carbonyl (C=O) groups is 1. The lowest BCUT2D eigenvalue weighted by Gasteiger charge is -2.06. The molecule has 1 aromatic rings. The summed E-state index contributed by atoms with van der Waals surface area (Å²) >= 11 is 10.6. The third-order valence-corrected chi connectivity index (χ3v) is 2.11. The van der Waals surface area contributed by atoms with Crippen LogP contribution in [-0.4, -0.2) is 10.2 Å². The van der Waals surface area contributed by atoms with Gasteiger partial charge in [-0.15, -0.1) is 0 Å². The Hall–Kier alpha value is -0.740. The average molecular weight is 240 g/mol. The monoisotopic (exact) mass is 239 g/mol. The molecule has 0 aliphatic carbocycles. The van der Waals surface area contributed by atoms with Crippen LogP contribution in [0.5, 0.6) is 0 Å². The van der Waals surface area contributed by atoms with Crippen LogP contribution in [-0.2, 0) is 0 Å². The minimum absolute atomic E-state index is 0.272. The molecule has 1 rings (SSSR count). The Morgan fingerprint density at radius 2 is 2.14 bits per heavy atom. The van der Waals surface area contributed by atoms with Gasteiger partial charge in [0.25, 0.3) is 11.7 Å². The summed E-state index contributed by atoms with van der Waals surface area (Å²) in [5.41, 5.74) is -0.486. The average Bonchev–Trinajstić information content (AvgIpc) is 2.07. The van der Waals surface area contributed by atoms with Crippen LogP contribution in [0.2, 0.25) is 5.02 Å². The van der Waals surface area contributed by atoms with E-state index in [0.717, 1.165) is 6.07 Å². The third-order valence-electron chi connectivity index (χ3n) is 1.54. The van der Waals surface area contributed by atoms with Gasteiger partial charge in [-0.1, -0.05) is 11.6 Å². The second kappa shape index (κ2) is 4.19. The minimum atomic E-state index is -2.75. The Bertz CT molecular complexity index is 382. The van der Waals surface area contributed by atoms with Gasteiger partial charge in [-0.2, -0.15) is 0 Å². The van der Waals surface area contributed by atoms with Gasteiger partial charge in [0.15, 0.2) is 0 Å². The first-order valence-electron chi connectivity index (χ1n) is 3.58. The molecule has 0 amide bonds. The van der Waals surface area contributed by atoms with E-state index >= 15 is 0 Å². The molecule has 0 aliphatic heterocycles. The van der Waals surface area contributed by atoms with E-state index in [1.165, 1.54) is 6.92 Å². The van der Waals surface area contributed by atoms with Crippen LogP contribution in [0.3, 0.4) is 0 Å². The van der Waals surface area contributed by atoms with Crippen molar-refractivity contribution >= 4 is 28.4 Å².